The van der Waals surface area contributed by atoms with Gasteiger partial charge in [0.05, 0.1) is 17.8 Å². The van der Waals surface area contributed by atoms with Gasteiger partial charge in [-0.15, -0.1) is 0 Å². The molecule has 4 nitrogen and oxygen atoms in total. The van der Waals surface area contributed by atoms with E-state index in [1.807, 2.05) is 45.9 Å². The number of nitrogens with one attached hydrogen (secondary N) is 1. The minimum absolute atomic E-state index is 0.0817. The molecular weight excluding hydrogens is 329 g/mol. The number of hydrogen-bond acceptors (Lipinski definition) is 2. The van der Waals surface area contributed by atoms with Gasteiger partial charge in [-0.05, 0) is 63.6 Å². The minimum atomic E-state index is -0.289. The van der Waals surface area contributed by atoms with Crippen molar-refractivity contribution in [3.05, 3.63) is 76.4 Å². The zero-order valence-corrected chi connectivity index (χ0v) is 15.4. The molecule has 0 saturated carbocycles. The third-order valence-electron chi connectivity index (χ3n) is 4.51. The maximum atomic E-state index is 13.1. The third-order valence-corrected chi connectivity index (χ3v) is 4.51. The molecule has 3 rings (SSSR count). The molecule has 0 fully saturated rings. The molecule has 0 spiro atoms. The molecule has 1 amide bonds. The van der Waals surface area contributed by atoms with Crippen LogP contribution in [0.1, 0.15) is 28.1 Å². The molecule has 5 heteroatoms. The van der Waals surface area contributed by atoms with Crippen molar-refractivity contribution >= 4 is 11.6 Å². The lowest BCUT2D eigenvalue weighted by Gasteiger charge is -2.10. The normalized spacial score (nSPS) is 10.8. The largest absolute Gasteiger partial charge is 0.326 e. The van der Waals surface area contributed by atoms with Gasteiger partial charge < -0.3 is 5.32 Å². The Morgan fingerprint density at radius 1 is 1.08 bits per heavy atom. The Morgan fingerprint density at radius 3 is 2.42 bits per heavy atom. The van der Waals surface area contributed by atoms with Crippen molar-refractivity contribution in [1.82, 2.24) is 9.78 Å². The SMILES string of the molecule is Cc1ccc(NC(=O)Cc2c(C)nn(-c3ccc(F)cc3)c2C)c(C)c1. The van der Waals surface area contributed by atoms with E-state index in [1.54, 1.807) is 16.8 Å². The second-order valence-electron chi connectivity index (χ2n) is 6.58. The van der Waals surface area contributed by atoms with Crippen molar-refractivity contribution in [3.63, 3.8) is 0 Å². The maximum Gasteiger partial charge on any atom is 0.228 e. The Labute approximate surface area is 152 Å². The molecule has 0 atom stereocenters. The highest BCUT2D eigenvalue weighted by atomic mass is 19.1. The Morgan fingerprint density at radius 2 is 1.77 bits per heavy atom. The van der Waals surface area contributed by atoms with Gasteiger partial charge in [0.1, 0.15) is 5.82 Å². The molecule has 0 saturated heterocycles. The highest BCUT2D eigenvalue weighted by Gasteiger charge is 2.16. The number of aromatic nitrogens is 2. The van der Waals surface area contributed by atoms with Crippen LogP contribution in [0.15, 0.2) is 42.5 Å². The first kappa shape index (κ1) is 17.9. The van der Waals surface area contributed by atoms with Crippen LogP contribution in [0, 0.1) is 33.5 Å². The maximum absolute atomic E-state index is 13.1. The molecular formula is C21H22FN3O. The van der Waals surface area contributed by atoms with Crippen molar-refractivity contribution < 1.29 is 9.18 Å². The van der Waals surface area contributed by atoms with E-state index in [0.29, 0.717) is 0 Å². The van der Waals surface area contributed by atoms with E-state index in [2.05, 4.69) is 10.4 Å². The molecule has 0 bridgehead atoms. The molecule has 0 aliphatic heterocycles. The van der Waals surface area contributed by atoms with Gasteiger partial charge in [0.15, 0.2) is 0 Å². The number of halogens is 1. The van der Waals surface area contributed by atoms with Crippen molar-refractivity contribution in [1.29, 1.82) is 0 Å². The highest BCUT2D eigenvalue weighted by molar-refractivity contribution is 5.93. The van der Waals surface area contributed by atoms with Crippen LogP contribution in [0.3, 0.4) is 0 Å². The monoisotopic (exact) mass is 351 g/mol. The van der Waals surface area contributed by atoms with E-state index >= 15 is 0 Å². The number of carbonyl (C=O) groups is 1. The van der Waals surface area contributed by atoms with Crippen molar-refractivity contribution in [2.24, 2.45) is 0 Å². The van der Waals surface area contributed by atoms with Crippen molar-refractivity contribution in [3.8, 4) is 5.69 Å². The number of benzene rings is 2. The predicted octanol–water partition coefficient (Wildman–Crippen LogP) is 4.43. The van der Waals surface area contributed by atoms with E-state index in [9.17, 15) is 9.18 Å². The number of rotatable bonds is 4. The number of anilines is 1. The van der Waals surface area contributed by atoms with Gasteiger partial charge in [0.25, 0.3) is 0 Å². The van der Waals surface area contributed by atoms with Crippen LogP contribution in [0.5, 0.6) is 0 Å². The van der Waals surface area contributed by atoms with Gasteiger partial charge in [0, 0.05) is 16.9 Å². The minimum Gasteiger partial charge on any atom is -0.326 e. The summed E-state index contributed by atoms with van der Waals surface area (Å²) in [7, 11) is 0. The first-order valence-electron chi connectivity index (χ1n) is 8.53. The third kappa shape index (κ3) is 3.67. The van der Waals surface area contributed by atoms with Gasteiger partial charge in [-0.2, -0.15) is 5.10 Å². The van der Waals surface area contributed by atoms with Crippen LogP contribution in [0.25, 0.3) is 5.69 Å². The van der Waals surface area contributed by atoms with Crippen LogP contribution in [0.2, 0.25) is 0 Å². The van der Waals surface area contributed by atoms with Gasteiger partial charge in [-0.1, -0.05) is 17.7 Å². The summed E-state index contributed by atoms with van der Waals surface area (Å²) in [5.74, 6) is -0.370. The van der Waals surface area contributed by atoms with Gasteiger partial charge in [-0.3, -0.25) is 4.79 Å². The average Bonchev–Trinajstić information content (AvgIpc) is 2.86. The first-order chi connectivity index (χ1) is 12.3. The molecule has 134 valence electrons. The molecule has 1 aromatic heterocycles. The van der Waals surface area contributed by atoms with Crippen molar-refractivity contribution in [2.45, 2.75) is 34.1 Å². The van der Waals surface area contributed by atoms with Crippen LogP contribution in [0.4, 0.5) is 10.1 Å². The summed E-state index contributed by atoms with van der Waals surface area (Å²) in [5.41, 5.74) is 6.35. The fourth-order valence-electron chi connectivity index (χ4n) is 3.07. The molecule has 0 aliphatic rings. The molecule has 1 heterocycles. The summed E-state index contributed by atoms with van der Waals surface area (Å²) in [6, 6.07) is 12.1. The summed E-state index contributed by atoms with van der Waals surface area (Å²) in [6.45, 7) is 7.80. The molecule has 0 unspecified atom stereocenters. The number of carbonyl (C=O) groups excluding carboxylic acids is 1. The van der Waals surface area contributed by atoms with Gasteiger partial charge in [-0.25, -0.2) is 9.07 Å². The second kappa shape index (κ2) is 7.12. The molecule has 3 aromatic rings. The van der Waals surface area contributed by atoms with Crippen LogP contribution in [-0.2, 0) is 11.2 Å². The number of amides is 1. The smallest absolute Gasteiger partial charge is 0.228 e. The Balaban J connectivity index is 1.81. The summed E-state index contributed by atoms with van der Waals surface area (Å²) in [4.78, 5) is 12.5. The Kier molecular flexibility index (Phi) is 4.89. The summed E-state index contributed by atoms with van der Waals surface area (Å²) >= 11 is 0. The number of hydrogen-bond donors (Lipinski definition) is 1. The summed E-state index contributed by atoms with van der Waals surface area (Å²) < 4.78 is 14.9. The Hall–Kier alpha value is -2.95. The number of aryl methyl sites for hydroxylation is 3. The molecule has 1 N–H and O–H groups in total. The van der Waals surface area contributed by atoms with E-state index in [4.69, 9.17) is 0 Å². The van der Waals surface area contributed by atoms with E-state index in [1.165, 1.54) is 12.1 Å². The second-order valence-corrected chi connectivity index (χ2v) is 6.58. The highest BCUT2D eigenvalue weighted by Crippen LogP contribution is 2.20. The topological polar surface area (TPSA) is 46.9 Å². The fourth-order valence-corrected chi connectivity index (χ4v) is 3.07. The lowest BCUT2D eigenvalue weighted by Crippen LogP contribution is -2.16. The zero-order valence-electron chi connectivity index (χ0n) is 15.4. The number of nitrogens with zero attached hydrogens (tertiary/aromatic N) is 2. The van der Waals surface area contributed by atoms with E-state index < -0.39 is 0 Å². The predicted molar refractivity (Wildman–Crippen MR) is 101 cm³/mol. The van der Waals surface area contributed by atoms with Crippen LogP contribution >= 0.6 is 0 Å². The molecule has 0 radical (unpaired) electrons. The zero-order chi connectivity index (χ0) is 18.8. The van der Waals surface area contributed by atoms with Crippen LogP contribution < -0.4 is 5.32 Å². The molecule has 0 aliphatic carbocycles. The quantitative estimate of drug-likeness (QED) is 0.756. The van der Waals surface area contributed by atoms with Crippen molar-refractivity contribution in [2.75, 3.05) is 5.32 Å². The first-order valence-corrected chi connectivity index (χ1v) is 8.53. The summed E-state index contributed by atoms with van der Waals surface area (Å²) in [6.07, 6.45) is 0.242. The lowest BCUT2D eigenvalue weighted by atomic mass is 10.1. The standard InChI is InChI=1S/C21H22FN3O/c1-13-5-10-20(14(2)11-13)23-21(26)12-19-15(3)24-25(16(19)4)18-8-6-17(22)7-9-18/h5-11H,12H2,1-4H3,(H,23,26). The Bertz CT molecular complexity index is 958. The average molecular weight is 351 g/mol. The van der Waals surface area contributed by atoms with E-state index in [-0.39, 0.29) is 18.1 Å². The summed E-state index contributed by atoms with van der Waals surface area (Å²) in [5, 5.41) is 7.48. The van der Waals surface area contributed by atoms with E-state index in [0.717, 1.165) is 39.5 Å². The molecule has 26 heavy (non-hydrogen) atoms. The van der Waals surface area contributed by atoms with Crippen LogP contribution in [-0.4, -0.2) is 15.7 Å². The lowest BCUT2D eigenvalue weighted by molar-refractivity contribution is -0.115. The van der Waals surface area contributed by atoms with Gasteiger partial charge >= 0.3 is 0 Å². The van der Waals surface area contributed by atoms with Gasteiger partial charge in [0.2, 0.25) is 5.91 Å². The fraction of sp³-hybridized carbons (Fsp3) is 0.238. The molecule has 2 aromatic carbocycles.